The molecule has 0 radical (unpaired) electrons. The van der Waals surface area contributed by atoms with Gasteiger partial charge in [0.15, 0.2) is 0 Å². The molecule has 0 spiro atoms. The van der Waals surface area contributed by atoms with Crippen LogP contribution >= 0.6 is 0 Å². The van der Waals surface area contributed by atoms with Crippen LogP contribution in [0.25, 0.3) is 0 Å². The van der Waals surface area contributed by atoms with Gasteiger partial charge in [0, 0.05) is 37.6 Å². The Hall–Kier alpha value is -3.26. The highest BCUT2D eigenvalue weighted by molar-refractivity contribution is 6.02. The number of anilines is 2. The Morgan fingerprint density at radius 3 is 2.33 bits per heavy atom. The minimum atomic E-state index is -0.362. The van der Waals surface area contributed by atoms with Gasteiger partial charge < -0.3 is 25.4 Å². The van der Waals surface area contributed by atoms with Gasteiger partial charge in [-0.15, -0.1) is 0 Å². The molecule has 162 valence electrons. The summed E-state index contributed by atoms with van der Waals surface area (Å²) in [6.07, 6.45) is 0. The summed E-state index contributed by atoms with van der Waals surface area (Å²) >= 11 is 0. The van der Waals surface area contributed by atoms with E-state index in [0.29, 0.717) is 29.2 Å². The molecule has 0 aliphatic rings. The molecule has 0 aliphatic heterocycles. The van der Waals surface area contributed by atoms with Gasteiger partial charge in [0.2, 0.25) is 0 Å². The zero-order valence-electron chi connectivity index (χ0n) is 17.9. The number of hydrogen-bond acceptors (Lipinski definition) is 5. The Labute approximate surface area is 177 Å². The van der Waals surface area contributed by atoms with E-state index in [1.54, 1.807) is 37.4 Å². The molecule has 8 nitrogen and oxygen atoms in total. The molecular formula is C22H30N4O4. The van der Waals surface area contributed by atoms with Gasteiger partial charge >= 0.3 is 6.03 Å². The van der Waals surface area contributed by atoms with Crippen molar-refractivity contribution in [1.82, 2.24) is 10.2 Å². The average molecular weight is 415 g/mol. The van der Waals surface area contributed by atoms with E-state index in [-0.39, 0.29) is 17.7 Å². The topological polar surface area (TPSA) is 94.1 Å². The van der Waals surface area contributed by atoms with Gasteiger partial charge in [-0.3, -0.25) is 9.69 Å². The van der Waals surface area contributed by atoms with Crippen LogP contribution in [0.3, 0.4) is 0 Å². The number of benzene rings is 2. The van der Waals surface area contributed by atoms with E-state index >= 15 is 0 Å². The van der Waals surface area contributed by atoms with Gasteiger partial charge in [-0.1, -0.05) is 13.8 Å². The molecule has 0 fully saturated rings. The van der Waals surface area contributed by atoms with E-state index in [1.807, 2.05) is 0 Å². The summed E-state index contributed by atoms with van der Waals surface area (Å²) in [5.41, 5.74) is 1.53. The smallest absolute Gasteiger partial charge is 0.326 e. The Morgan fingerprint density at radius 2 is 1.73 bits per heavy atom. The Kier molecular flexibility index (Phi) is 8.49. The monoisotopic (exact) mass is 414 g/mol. The molecule has 30 heavy (non-hydrogen) atoms. The number of ether oxygens (including phenoxy) is 1. The Balaban J connectivity index is 2.03. The fraction of sp³-hybridized carbons (Fsp3) is 0.364. The number of rotatable bonds is 9. The summed E-state index contributed by atoms with van der Waals surface area (Å²) in [5.74, 6) is 0.279. The highest BCUT2D eigenvalue weighted by atomic mass is 16.5. The predicted octanol–water partition coefficient (Wildman–Crippen LogP) is 3.14. The van der Waals surface area contributed by atoms with Crippen LogP contribution in [0, 0.1) is 0 Å². The lowest BCUT2D eigenvalue weighted by Crippen LogP contribution is -2.35. The fourth-order valence-corrected chi connectivity index (χ4v) is 2.92. The lowest BCUT2D eigenvalue weighted by Gasteiger charge is -2.19. The first-order valence-corrected chi connectivity index (χ1v) is 9.91. The summed E-state index contributed by atoms with van der Waals surface area (Å²) in [7, 11) is 3.10. The molecule has 0 unspecified atom stereocenters. The molecule has 2 rings (SSSR count). The van der Waals surface area contributed by atoms with E-state index in [4.69, 9.17) is 4.74 Å². The number of methoxy groups -OCH3 is 1. The maximum atomic E-state index is 12.5. The summed E-state index contributed by atoms with van der Waals surface area (Å²) in [6.45, 7) is 7.35. The average Bonchev–Trinajstić information content (AvgIpc) is 2.76. The van der Waals surface area contributed by atoms with Crippen LogP contribution in [0.2, 0.25) is 0 Å². The van der Waals surface area contributed by atoms with Crippen LogP contribution in [0.15, 0.2) is 42.5 Å². The lowest BCUT2D eigenvalue weighted by molar-refractivity contribution is 0.0946. The molecule has 0 aliphatic carbocycles. The van der Waals surface area contributed by atoms with Crippen molar-refractivity contribution in [1.29, 1.82) is 0 Å². The van der Waals surface area contributed by atoms with Gasteiger partial charge in [-0.2, -0.15) is 0 Å². The number of phenols is 1. The van der Waals surface area contributed by atoms with Crippen LogP contribution in [-0.4, -0.2) is 62.3 Å². The van der Waals surface area contributed by atoms with Crippen molar-refractivity contribution >= 4 is 23.3 Å². The molecule has 0 bridgehead atoms. The van der Waals surface area contributed by atoms with Gasteiger partial charge in [0.1, 0.15) is 11.5 Å². The van der Waals surface area contributed by atoms with Crippen LogP contribution in [0.5, 0.6) is 11.5 Å². The van der Waals surface area contributed by atoms with Crippen LogP contribution in [0.4, 0.5) is 16.2 Å². The van der Waals surface area contributed by atoms with Crippen LogP contribution in [-0.2, 0) is 0 Å². The summed E-state index contributed by atoms with van der Waals surface area (Å²) < 4.78 is 5.35. The third kappa shape index (κ3) is 6.12. The minimum Gasteiger partial charge on any atom is -0.508 e. The SMILES string of the molecule is CCN(CC)CCNC(=O)c1ccc(NC(=O)N(C)c2ccc(O)cc2)cc1OC. The molecule has 3 N–H and O–H groups in total. The van der Waals surface area contributed by atoms with Crippen molar-refractivity contribution in [3.8, 4) is 11.5 Å². The number of nitrogens with zero attached hydrogens (tertiary/aromatic N) is 2. The summed E-state index contributed by atoms with van der Waals surface area (Å²) in [5, 5.41) is 15.1. The maximum Gasteiger partial charge on any atom is 0.326 e. The fourth-order valence-electron chi connectivity index (χ4n) is 2.92. The van der Waals surface area contributed by atoms with Crippen molar-refractivity contribution in [2.45, 2.75) is 13.8 Å². The molecule has 0 saturated heterocycles. The number of hydrogen-bond donors (Lipinski definition) is 3. The van der Waals surface area contributed by atoms with E-state index in [0.717, 1.165) is 19.6 Å². The number of aromatic hydroxyl groups is 1. The lowest BCUT2D eigenvalue weighted by atomic mass is 10.1. The van der Waals surface area contributed by atoms with Crippen molar-refractivity contribution in [2.75, 3.05) is 50.6 Å². The van der Waals surface area contributed by atoms with E-state index < -0.39 is 0 Å². The van der Waals surface area contributed by atoms with Crippen LogP contribution in [0.1, 0.15) is 24.2 Å². The Bertz CT molecular complexity index is 851. The summed E-state index contributed by atoms with van der Waals surface area (Å²) in [6, 6.07) is 10.8. The number of carbonyl (C=O) groups excluding carboxylic acids is 2. The molecule has 3 amide bonds. The number of phenolic OH excluding ortho intramolecular Hbond substituents is 1. The normalized spacial score (nSPS) is 10.6. The maximum absolute atomic E-state index is 12.5. The van der Waals surface area contributed by atoms with Crippen LogP contribution < -0.4 is 20.3 Å². The molecular weight excluding hydrogens is 384 g/mol. The quantitative estimate of drug-likeness (QED) is 0.586. The molecule has 8 heteroatoms. The van der Waals surface area contributed by atoms with E-state index in [9.17, 15) is 14.7 Å². The number of likely N-dealkylation sites (N-methyl/N-ethyl adjacent to an activating group) is 1. The highest BCUT2D eigenvalue weighted by Gasteiger charge is 2.16. The third-order valence-corrected chi connectivity index (χ3v) is 4.85. The zero-order chi connectivity index (χ0) is 22.1. The summed E-state index contributed by atoms with van der Waals surface area (Å²) in [4.78, 5) is 28.7. The van der Waals surface area contributed by atoms with Gasteiger partial charge in [0.05, 0.1) is 12.7 Å². The predicted molar refractivity (Wildman–Crippen MR) is 119 cm³/mol. The first-order valence-electron chi connectivity index (χ1n) is 9.91. The second-order valence-electron chi connectivity index (χ2n) is 6.70. The number of urea groups is 1. The molecule has 2 aromatic carbocycles. The standard InChI is InChI=1S/C22H30N4O4/c1-5-26(6-2)14-13-23-21(28)19-12-7-16(15-20(19)30-4)24-22(29)25(3)17-8-10-18(27)11-9-17/h7-12,15,27H,5-6,13-14H2,1-4H3,(H,23,28)(H,24,29). The van der Waals surface area contributed by atoms with Crippen molar-refractivity contribution in [3.05, 3.63) is 48.0 Å². The van der Waals surface area contributed by atoms with Gasteiger partial charge in [-0.25, -0.2) is 4.79 Å². The third-order valence-electron chi connectivity index (χ3n) is 4.85. The van der Waals surface area contributed by atoms with Crippen molar-refractivity contribution in [3.63, 3.8) is 0 Å². The number of carbonyl (C=O) groups is 2. The first kappa shape index (κ1) is 23.0. The second-order valence-corrected chi connectivity index (χ2v) is 6.70. The molecule has 0 aromatic heterocycles. The number of amides is 3. The van der Waals surface area contributed by atoms with Crippen molar-refractivity contribution < 1.29 is 19.4 Å². The van der Waals surface area contributed by atoms with E-state index in [1.165, 1.54) is 24.1 Å². The molecule has 0 atom stereocenters. The molecule has 0 heterocycles. The zero-order valence-corrected chi connectivity index (χ0v) is 17.9. The van der Waals surface area contributed by atoms with Crippen molar-refractivity contribution in [2.24, 2.45) is 0 Å². The highest BCUT2D eigenvalue weighted by Crippen LogP contribution is 2.24. The first-order chi connectivity index (χ1) is 14.4. The molecule has 0 saturated carbocycles. The number of nitrogens with one attached hydrogen (secondary N) is 2. The largest absolute Gasteiger partial charge is 0.508 e. The van der Waals surface area contributed by atoms with Gasteiger partial charge in [-0.05, 0) is 49.5 Å². The van der Waals surface area contributed by atoms with E-state index in [2.05, 4.69) is 29.4 Å². The second kappa shape index (κ2) is 11.1. The molecule has 2 aromatic rings. The van der Waals surface area contributed by atoms with Gasteiger partial charge in [0.25, 0.3) is 5.91 Å². The minimum absolute atomic E-state index is 0.128. The Morgan fingerprint density at radius 1 is 1.07 bits per heavy atom.